The summed E-state index contributed by atoms with van der Waals surface area (Å²) in [4.78, 5) is 23.3. The normalized spacial score (nSPS) is 16.2. The van der Waals surface area contributed by atoms with E-state index in [1.54, 1.807) is 24.3 Å². The van der Waals surface area contributed by atoms with Crippen LogP contribution in [0.15, 0.2) is 30.3 Å². The Morgan fingerprint density at radius 1 is 1.06 bits per heavy atom. The lowest BCUT2D eigenvalue weighted by molar-refractivity contribution is -0.139. The number of esters is 2. The maximum absolute atomic E-state index is 11.7. The molecule has 0 heterocycles. The first kappa shape index (κ1) is 12.8. The van der Waals surface area contributed by atoms with Gasteiger partial charge in [-0.2, -0.15) is 0 Å². The molecule has 1 saturated carbocycles. The van der Waals surface area contributed by atoms with Gasteiger partial charge >= 0.3 is 11.9 Å². The van der Waals surface area contributed by atoms with Gasteiger partial charge < -0.3 is 4.74 Å². The van der Waals surface area contributed by atoms with Crippen molar-refractivity contribution >= 4 is 11.9 Å². The molecular formula is C15H18O3. The van der Waals surface area contributed by atoms with Crippen molar-refractivity contribution in [2.75, 3.05) is 0 Å². The van der Waals surface area contributed by atoms with Crippen LogP contribution in [-0.4, -0.2) is 11.9 Å². The molecule has 1 aromatic carbocycles. The molecule has 0 aliphatic heterocycles. The number of carbonyl (C=O) groups excluding carboxylic acids is 2. The highest BCUT2D eigenvalue weighted by Crippen LogP contribution is 2.26. The Kier molecular flexibility index (Phi) is 4.51. The minimum Gasteiger partial charge on any atom is -0.389 e. The topological polar surface area (TPSA) is 43.4 Å². The molecule has 0 N–H and O–H groups in total. The summed E-state index contributed by atoms with van der Waals surface area (Å²) in [5, 5.41) is 0. The third-order valence-electron chi connectivity index (χ3n) is 3.40. The van der Waals surface area contributed by atoms with E-state index in [9.17, 15) is 9.59 Å². The molecule has 1 aliphatic rings. The highest BCUT2D eigenvalue weighted by atomic mass is 16.6. The first-order valence-electron chi connectivity index (χ1n) is 6.56. The molecule has 18 heavy (non-hydrogen) atoms. The van der Waals surface area contributed by atoms with Crippen LogP contribution in [-0.2, 0) is 9.53 Å². The van der Waals surface area contributed by atoms with Gasteiger partial charge in [0.2, 0.25) is 0 Å². The standard InChI is InChI=1S/C15H18O3/c16-14(11-12-7-3-1-4-8-12)18-15(17)13-9-5-2-6-10-13/h2,5-6,9-10,12H,1,3-4,7-8,11H2. The fraction of sp³-hybridized carbons (Fsp3) is 0.467. The lowest BCUT2D eigenvalue weighted by Gasteiger charge is -2.20. The summed E-state index contributed by atoms with van der Waals surface area (Å²) in [5.41, 5.74) is 0.425. The minimum atomic E-state index is -0.545. The van der Waals surface area contributed by atoms with Gasteiger partial charge in [-0.05, 0) is 30.9 Å². The third-order valence-corrected chi connectivity index (χ3v) is 3.40. The summed E-state index contributed by atoms with van der Waals surface area (Å²) < 4.78 is 4.86. The van der Waals surface area contributed by atoms with E-state index in [0.29, 0.717) is 17.9 Å². The van der Waals surface area contributed by atoms with Gasteiger partial charge in [-0.1, -0.05) is 37.5 Å². The molecule has 0 saturated heterocycles. The van der Waals surface area contributed by atoms with Gasteiger partial charge in [-0.15, -0.1) is 0 Å². The molecule has 0 radical (unpaired) electrons. The van der Waals surface area contributed by atoms with Gasteiger partial charge in [0.05, 0.1) is 5.56 Å². The number of ether oxygens (including phenoxy) is 1. The summed E-state index contributed by atoms with van der Waals surface area (Å²) >= 11 is 0. The molecule has 3 heteroatoms. The van der Waals surface area contributed by atoms with Crippen molar-refractivity contribution in [3.8, 4) is 0 Å². The number of carbonyl (C=O) groups is 2. The van der Waals surface area contributed by atoms with Gasteiger partial charge in [0.1, 0.15) is 0 Å². The van der Waals surface area contributed by atoms with Crippen LogP contribution in [0.2, 0.25) is 0 Å². The van der Waals surface area contributed by atoms with Gasteiger partial charge in [-0.3, -0.25) is 4.79 Å². The number of rotatable bonds is 3. The van der Waals surface area contributed by atoms with E-state index < -0.39 is 11.9 Å². The Labute approximate surface area is 107 Å². The van der Waals surface area contributed by atoms with Crippen LogP contribution in [0.5, 0.6) is 0 Å². The fourth-order valence-corrected chi connectivity index (χ4v) is 2.41. The third kappa shape index (κ3) is 3.69. The number of hydrogen-bond acceptors (Lipinski definition) is 3. The van der Waals surface area contributed by atoms with Crippen molar-refractivity contribution in [2.45, 2.75) is 38.5 Å². The zero-order chi connectivity index (χ0) is 12.8. The predicted octanol–water partition coefficient (Wildman–Crippen LogP) is 3.34. The predicted molar refractivity (Wildman–Crippen MR) is 68.1 cm³/mol. The maximum atomic E-state index is 11.7. The van der Waals surface area contributed by atoms with Gasteiger partial charge in [-0.25, -0.2) is 4.79 Å². The van der Waals surface area contributed by atoms with E-state index >= 15 is 0 Å². The molecule has 0 amide bonds. The number of hydrogen-bond donors (Lipinski definition) is 0. The Morgan fingerprint density at radius 2 is 1.72 bits per heavy atom. The number of benzene rings is 1. The van der Waals surface area contributed by atoms with Crippen LogP contribution in [0.4, 0.5) is 0 Å². The smallest absolute Gasteiger partial charge is 0.345 e. The van der Waals surface area contributed by atoms with E-state index in [-0.39, 0.29) is 0 Å². The van der Waals surface area contributed by atoms with Crippen LogP contribution in [0.25, 0.3) is 0 Å². The van der Waals surface area contributed by atoms with Crippen molar-refractivity contribution in [3.63, 3.8) is 0 Å². The lowest BCUT2D eigenvalue weighted by Crippen LogP contribution is -2.17. The molecule has 1 fully saturated rings. The second-order valence-electron chi connectivity index (χ2n) is 4.84. The van der Waals surface area contributed by atoms with Gasteiger partial charge in [0.15, 0.2) is 0 Å². The molecule has 0 aromatic heterocycles. The second kappa shape index (κ2) is 6.34. The molecule has 96 valence electrons. The molecule has 0 spiro atoms. The maximum Gasteiger partial charge on any atom is 0.345 e. The van der Waals surface area contributed by atoms with E-state index in [1.165, 1.54) is 19.3 Å². The first-order valence-corrected chi connectivity index (χ1v) is 6.56. The summed E-state index contributed by atoms with van der Waals surface area (Å²) in [6, 6.07) is 8.62. The summed E-state index contributed by atoms with van der Waals surface area (Å²) in [7, 11) is 0. The summed E-state index contributed by atoms with van der Waals surface area (Å²) in [6.45, 7) is 0. The van der Waals surface area contributed by atoms with E-state index in [0.717, 1.165) is 12.8 Å². The Hall–Kier alpha value is -1.64. The molecule has 1 aromatic rings. The van der Waals surface area contributed by atoms with Crippen LogP contribution >= 0.6 is 0 Å². The van der Waals surface area contributed by atoms with Crippen LogP contribution < -0.4 is 0 Å². The highest BCUT2D eigenvalue weighted by Gasteiger charge is 2.20. The first-order chi connectivity index (χ1) is 8.75. The zero-order valence-corrected chi connectivity index (χ0v) is 10.4. The molecule has 0 atom stereocenters. The molecule has 1 aliphatic carbocycles. The fourth-order valence-electron chi connectivity index (χ4n) is 2.41. The molecule has 2 rings (SSSR count). The average molecular weight is 246 g/mol. The molecule has 3 nitrogen and oxygen atoms in total. The Morgan fingerprint density at radius 3 is 2.39 bits per heavy atom. The average Bonchev–Trinajstić information content (AvgIpc) is 2.40. The van der Waals surface area contributed by atoms with E-state index in [4.69, 9.17) is 4.74 Å². The van der Waals surface area contributed by atoms with Crippen LogP contribution in [0.1, 0.15) is 48.9 Å². The highest BCUT2D eigenvalue weighted by molar-refractivity contribution is 5.96. The van der Waals surface area contributed by atoms with Crippen molar-refractivity contribution in [1.29, 1.82) is 0 Å². The summed E-state index contributed by atoms with van der Waals surface area (Å²) in [5.74, 6) is -0.540. The Balaban J connectivity index is 1.82. The minimum absolute atomic E-state index is 0.374. The molecule has 0 unspecified atom stereocenters. The van der Waals surface area contributed by atoms with Gasteiger partial charge in [0, 0.05) is 6.42 Å². The largest absolute Gasteiger partial charge is 0.389 e. The zero-order valence-electron chi connectivity index (χ0n) is 10.4. The quantitative estimate of drug-likeness (QED) is 0.607. The van der Waals surface area contributed by atoms with E-state index in [1.807, 2.05) is 6.07 Å². The monoisotopic (exact) mass is 246 g/mol. The van der Waals surface area contributed by atoms with Gasteiger partial charge in [0.25, 0.3) is 0 Å². The van der Waals surface area contributed by atoms with Crippen LogP contribution in [0, 0.1) is 5.92 Å². The van der Waals surface area contributed by atoms with Crippen molar-refractivity contribution in [3.05, 3.63) is 35.9 Å². The van der Waals surface area contributed by atoms with Crippen LogP contribution in [0.3, 0.4) is 0 Å². The van der Waals surface area contributed by atoms with Crippen molar-refractivity contribution in [1.82, 2.24) is 0 Å². The molecular weight excluding hydrogens is 228 g/mol. The van der Waals surface area contributed by atoms with E-state index in [2.05, 4.69) is 0 Å². The van der Waals surface area contributed by atoms with Crippen molar-refractivity contribution in [2.24, 2.45) is 5.92 Å². The second-order valence-corrected chi connectivity index (χ2v) is 4.84. The van der Waals surface area contributed by atoms with Crippen molar-refractivity contribution < 1.29 is 14.3 Å². The Bertz CT molecular complexity index is 405. The SMILES string of the molecule is O=C(CC1CCCCC1)OC(=O)c1ccccc1. The summed E-state index contributed by atoms with van der Waals surface area (Å²) in [6.07, 6.45) is 6.16. The lowest BCUT2D eigenvalue weighted by atomic mass is 9.87. The molecule has 0 bridgehead atoms.